The number of sulfonamides is 1. The lowest BCUT2D eigenvalue weighted by atomic mass is 9.77. The van der Waals surface area contributed by atoms with Gasteiger partial charge in [-0.15, -0.1) is 0 Å². The molecule has 2 aliphatic rings. The number of methoxy groups -OCH3 is 1. The third-order valence-corrected chi connectivity index (χ3v) is 7.13. The van der Waals surface area contributed by atoms with E-state index in [-0.39, 0.29) is 10.7 Å². The average Bonchev–Trinajstić information content (AvgIpc) is 3.11. The number of Topliss-reactive ketones (excluding diaryl/α,β-unsaturated/α-hetero) is 1. The molecule has 0 aliphatic carbocycles. The van der Waals surface area contributed by atoms with Gasteiger partial charge in [0.2, 0.25) is 10.0 Å². The van der Waals surface area contributed by atoms with Gasteiger partial charge in [0.1, 0.15) is 5.78 Å². The summed E-state index contributed by atoms with van der Waals surface area (Å²) in [5.74, 6) is -2.02. The molecule has 0 aromatic heterocycles. The summed E-state index contributed by atoms with van der Waals surface area (Å²) in [5, 5.41) is 0. The molecule has 0 saturated carbocycles. The molecular weight excluding hydrogens is 330 g/mol. The standard InChI is InChI=1S/C17H21NO5S/c1-10-4-6-12(7-5-10)24(21,22)18-13-8-9-14(18)16(17(20)23-3)15(13)11(2)19/h4-7,13-16H,8-9H2,1-3H3/t13-,14-,15+,16-/m0/s1. The van der Waals surface area contributed by atoms with E-state index in [4.69, 9.17) is 4.74 Å². The molecule has 2 heterocycles. The van der Waals surface area contributed by atoms with Crippen LogP contribution in [0.1, 0.15) is 25.3 Å². The topological polar surface area (TPSA) is 80.8 Å². The van der Waals surface area contributed by atoms with Crippen LogP contribution in [-0.4, -0.2) is 43.7 Å². The van der Waals surface area contributed by atoms with Crippen molar-refractivity contribution in [2.45, 2.75) is 43.7 Å². The minimum atomic E-state index is -3.76. The molecule has 7 heteroatoms. The Bertz CT molecular complexity index is 771. The summed E-state index contributed by atoms with van der Waals surface area (Å²) >= 11 is 0. The number of nitrogens with zero attached hydrogens (tertiary/aromatic N) is 1. The van der Waals surface area contributed by atoms with Gasteiger partial charge in [-0.3, -0.25) is 9.59 Å². The molecule has 2 aliphatic heterocycles. The highest BCUT2D eigenvalue weighted by Crippen LogP contribution is 2.49. The fraction of sp³-hybridized carbons (Fsp3) is 0.529. The molecule has 0 radical (unpaired) electrons. The Morgan fingerprint density at radius 1 is 1.08 bits per heavy atom. The van der Waals surface area contributed by atoms with Crippen molar-refractivity contribution in [3.8, 4) is 0 Å². The second-order valence-corrected chi connectivity index (χ2v) is 8.39. The molecule has 4 atom stereocenters. The maximum Gasteiger partial charge on any atom is 0.311 e. The van der Waals surface area contributed by atoms with Crippen molar-refractivity contribution in [1.82, 2.24) is 4.31 Å². The first-order valence-electron chi connectivity index (χ1n) is 7.97. The van der Waals surface area contributed by atoms with Gasteiger partial charge in [0.25, 0.3) is 0 Å². The van der Waals surface area contributed by atoms with Gasteiger partial charge >= 0.3 is 5.97 Å². The number of ketones is 1. The Balaban J connectivity index is 2.04. The van der Waals surface area contributed by atoms with E-state index < -0.39 is 39.9 Å². The maximum atomic E-state index is 13.1. The van der Waals surface area contributed by atoms with Crippen LogP contribution in [-0.2, 0) is 24.3 Å². The van der Waals surface area contributed by atoms with Gasteiger partial charge in [-0.05, 0) is 38.8 Å². The molecule has 1 aromatic carbocycles. The quantitative estimate of drug-likeness (QED) is 0.769. The van der Waals surface area contributed by atoms with Crippen molar-refractivity contribution in [1.29, 1.82) is 0 Å². The van der Waals surface area contributed by atoms with Crippen molar-refractivity contribution in [2.24, 2.45) is 11.8 Å². The molecule has 0 spiro atoms. The normalized spacial score (nSPS) is 29.6. The number of ether oxygens (including phenoxy) is 1. The van der Waals surface area contributed by atoms with Crippen LogP contribution in [0.3, 0.4) is 0 Å². The number of carbonyl (C=O) groups excluding carboxylic acids is 2. The number of esters is 1. The number of benzene rings is 1. The van der Waals surface area contributed by atoms with Gasteiger partial charge in [0.15, 0.2) is 0 Å². The van der Waals surface area contributed by atoms with Crippen molar-refractivity contribution in [2.75, 3.05) is 7.11 Å². The molecule has 130 valence electrons. The minimum Gasteiger partial charge on any atom is -0.469 e. The van der Waals surface area contributed by atoms with Gasteiger partial charge < -0.3 is 4.74 Å². The molecule has 3 rings (SSSR count). The lowest BCUT2D eigenvalue weighted by Gasteiger charge is -2.24. The SMILES string of the molecule is COC(=O)[C@@H]1[C@H](C(C)=O)[C@@H]2CC[C@@H]1N2S(=O)(=O)c1ccc(C)cc1. The number of aryl methyl sites for hydroxylation is 1. The van der Waals surface area contributed by atoms with E-state index in [1.165, 1.54) is 18.3 Å². The molecular formula is C17H21NO5S. The monoisotopic (exact) mass is 351 g/mol. The van der Waals surface area contributed by atoms with Crippen molar-refractivity contribution in [3.63, 3.8) is 0 Å². The Morgan fingerprint density at radius 2 is 1.62 bits per heavy atom. The highest BCUT2D eigenvalue weighted by molar-refractivity contribution is 7.89. The van der Waals surface area contributed by atoms with E-state index in [1.807, 2.05) is 6.92 Å². The van der Waals surface area contributed by atoms with Gasteiger partial charge in [-0.2, -0.15) is 4.31 Å². The number of carbonyl (C=O) groups is 2. The van der Waals surface area contributed by atoms with E-state index in [9.17, 15) is 18.0 Å². The van der Waals surface area contributed by atoms with Gasteiger partial charge in [0.05, 0.1) is 17.9 Å². The molecule has 0 amide bonds. The summed E-state index contributed by atoms with van der Waals surface area (Å²) in [6, 6.07) is 5.64. The van der Waals surface area contributed by atoms with Crippen LogP contribution in [0.25, 0.3) is 0 Å². The van der Waals surface area contributed by atoms with Crippen LogP contribution in [0.5, 0.6) is 0 Å². The number of rotatable bonds is 4. The first-order chi connectivity index (χ1) is 11.3. The number of hydrogen-bond donors (Lipinski definition) is 0. The molecule has 2 saturated heterocycles. The molecule has 24 heavy (non-hydrogen) atoms. The second kappa shape index (κ2) is 5.97. The maximum absolute atomic E-state index is 13.1. The zero-order chi connectivity index (χ0) is 17.6. The average molecular weight is 351 g/mol. The van der Waals surface area contributed by atoms with E-state index in [0.29, 0.717) is 12.8 Å². The van der Waals surface area contributed by atoms with Crippen molar-refractivity contribution >= 4 is 21.8 Å². The lowest BCUT2D eigenvalue weighted by molar-refractivity contribution is -0.150. The van der Waals surface area contributed by atoms with E-state index in [2.05, 4.69) is 0 Å². The minimum absolute atomic E-state index is 0.165. The predicted molar refractivity (Wildman–Crippen MR) is 86.7 cm³/mol. The summed E-state index contributed by atoms with van der Waals surface area (Å²) in [5.41, 5.74) is 0.965. The highest BCUT2D eigenvalue weighted by Gasteiger charge is 2.61. The van der Waals surface area contributed by atoms with Gasteiger partial charge in [-0.1, -0.05) is 17.7 Å². The van der Waals surface area contributed by atoms with Crippen LogP contribution in [0.2, 0.25) is 0 Å². The Morgan fingerprint density at radius 3 is 2.12 bits per heavy atom. The lowest BCUT2D eigenvalue weighted by Crippen LogP contribution is -2.38. The van der Waals surface area contributed by atoms with E-state index in [0.717, 1.165) is 5.56 Å². The zero-order valence-corrected chi connectivity index (χ0v) is 14.7. The van der Waals surface area contributed by atoms with Crippen molar-refractivity contribution in [3.05, 3.63) is 29.8 Å². The van der Waals surface area contributed by atoms with Crippen LogP contribution in [0, 0.1) is 18.8 Å². The molecule has 0 N–H and O–H groups in total. The Hall–Kier alpha value is -1.73. The summed E-state index contributed by atoms with van der Waals surface area (Å²) in [4.78, 5) is 24.5. The Labute approximate surface area is 141 Å². The molecule has 1 aromatic rings. The number of fused-ring (bicyclic) bond motifs is 2. The molecule has 0 unspecified atom stereocenters. The summed E-state index contributed by atoms with van der Waals surface area (Å²) in [6.45, 7) is 3.30. The second-order valence-electron chi connectivity index (χ2n) is 6.55. The first kappa shape index (κ1) is 17.1. The third kappa shape index (κ3) is 2.46. The number of hydrogen-bond acceptors (Lipinski definition) is 5. The molecule has 2 bridgehead atoms. The summed E-state index contributed by atoms with van der Waals surface area (Å²) in [7, 11) is -2.49. The van der Waals surface area contributed by atoms with Crippen LogP contribution in [0.15, 0.2) is 29.2 Å². The highest BCUT2D eigenvalue weighted by atomic mass is 32.2. The van der Waals surface area contributed by atoms with E-state index >= 15 is 0 Å². The smallest absolute Gasteiger partial charge is 0.311 e. The fourth-order valence-corrected chi connectivity index (χ4v) is 6.06. The third-order valence-electron chi connectivity index (χ3n) is 5.17. The van der Waals surface area contributed by atoms with Gasteiger partial charge in [-0.25, -0.2) is 8.42 Å². The zero-order valence-electron chi connectivity index (χ0n) is 13.9. The molecule has 6 nitrogen and oxygen atoms in total. The first-order valence-corrected chi connectivity index (χ1v) is 9.41. The largest absolute Gasteiger partial charge is 0.469 e. The Kier molecular flexibility index (Phi) is 4.25. The summed E-state index contributed by atoms with van der Waals surface area (Å²) in [6.07, 6.45) is 1.16. The van der Waals surface area contributed by atoms with Crippen LogP contribution < -0.4 is 0 Å². The van der Waals surface area contributed by atoms with Gasteiger partial charge in [0, 0.05) is 18.0 Å². The summed E-state index contributed by atoms with van der Waals surface area (Å²) < 4.78 is 32.4. The predicted octanol–water partition coefficient (Wildman–Crippen LogP) is 1.52. The molecule has 2 fully saturated rings. The van der Waals surface area contributed by atoms with Crippen LogP contribution in [0.4, 0.5) is 0 Å². The van der Waals surface area contributed by atoms with Crippen molar-refractivity contribution < 1.29 is 22.7 Å². The van der Waals surface area contributed by atoms with E-state index in [1.54, 1.807) is 24.3 Å². The fourth-order valence-electron chi connectivity index (χ4n) is 4.15. The van der Waals surface area contributed by atoms with Crippen LogP contribution >= 0.6 is 0 Å².